The predicted molar refractivity (Wildman–Crippen MR) is 114 cm³/mol. The fraction of sp³-hybridized carbons (Fsp3) is 0.550. The normalized spacial score (nSPS) is 32.0. The van der Waals surface area contributed by atoms with Crippen molar-refractivity contribution in [2.45, 2.75) is 51.1 Å². The zero-order valence-corrected chi connectivity index (χ0v) is 18.1. The molecule has 3 aliphatic heterocycles. The number of amides is 3. The monoisotopic (exact) mass is 453 g/mol. The van der Waals surface area contributed by atoms with Crippen molar-refractivity contribution in [3.8, 4) is 0 Å². The Hall–Kier alpha value is -1.87. The molecule has 5 unspecified atom stereocenters. The molecule has 0 aliphatic carbocycles. The summed E-state index contributed by atoms with van der Waals surface area (Å²) in [6, 6.07) is 5.01. The second-order valence-corrected chi connectivity index (χ2v) is 9.06. The highest BCUT2D eigenvalue weighted by atomic mass is 35.5. The van der Waals surface area contributed by atoms with Gasteiger partial charge >= 0.3 is 0 Å². The summed E-state index contributed by atoms with van der Waals surface area (Å²) in [6.07, 6.45) is 2.23. The van der Waals surface area contributed by atoms with E-state index in [1.165, 1.54) is 0 Å². The van der Waals surface area contributed by atoms with E-state index in [0.717, 1.165) is 25.8 Å². The minimum atomic E-state index is -0.811. The molecule has 0 radical (unpaired) electrons. The molecular weight excluding hydrogens is 429 g/mol. The summed E-state index contributed by atoms with van der Waals surface area (Å²) in [5.74, 6) is -2.46. The Morgan fingerprint density at radius 3 is 2.57 bits per heavy atom. The lowest BCUT2D eigenvalue weighted by Gasteiger charge is -2.48. The molecule has 162 valence electrons. The predicted octanol–water partition coefficient (Wildman–Crippen LogP) is 1.89. The topological polar surface area (TPSA) is 103 Å². The largest absolute Gasteiger partial charge is 0.340 e. The average Bonchev–Trinajstić information content (AvgIpc) is 2.66. The molecule has 0 spiro atoms. The molecule has 0 aromatic heterocycles. The van der Waals surface area contributed by atoms with E-state index in [-0.39, 0.29) is 24.5 Å². The summed E-state index contributed by atoms with van der Waals surface area (Å²) >= 11 is 12.0. The van der Waals surface area contributed by atoms with Gasteiger partial charge in [0, 0.05) is 34.7 Å². The molecule has 3 amide bonds. The maximum atomic E-state index is 13.0. The number of rotatable bonds is 3. The number of fused-ring (bicyclic) bond motifs is 1. The van der Waals surface area contributed by atoms with Gasteiger partial charge in [-0.3, -0.25) is 24.6 Å². The smallest absolute Gasteiger partial charge is 0.229 e. The molecule has 8 nitrogen and oxygen atoms in total. The lowest BCUT2D eigenvalue weighted by molar-refractivity contribution is -0.148. The van der Waals surface area contributed by atoms with Crippen LogP contribution in [-0.2, 0) is 14.4 Å². The number of nitrogens with one attached hydrogen (secondary N) is 4. The number of anilines is 1. The molecule has 0 bridgehead atoms. The third-order valence-corrected chi connectivity index (χ3v) is 6.52. The first-order valence-corrected chi connectivity index (χ1v) is 11.0. The van der Waals surface area contributed by atoms with Crippen LogP contribution in [0.2, 0.25) is 10.0 Å². The molecule has 4 N–H and O–H groups in total. The summed E-state index contributed by atoms with van der Waals surface area (Å²) < 4.78 is 0. The second kappa shape index (κ2) is 8.70. The number of nitrogens with zero attached hydrogens (tertiary/aromatic N) is 1. The van der Waals surface area contributed by atoms with Crippen molar-refractivity contribution in [3.63, 3.8) is 0 Å². The van der Waals surface area contributed by atoms with Crippen LogP contribution < -0.4 is 21.3 Å². The van der Waals surface area contributed by atoms with Gasteiger partial charge in [-0.05, 0) is 38.0 Å². The van der Waals surface area contributed by atoms with Gasteiger partial charge in [-0.15, -0.1) is 0 Å². The van der Waals surface area contributed by atoms with E-state index in [1.54, 1.807) is 18.2 Å². The summed E-state index contributed by atoms with van der Waals surface area (Å²) in [7, 11) is 0. The lowest BCUT2D eigenvalue weighted by atomic mass is 9.81. The van der Waals surface area contributed by atoms with Crippen LogP contribution in [0.15, 0.2) is 18.2 Å². The Kier molecular flexibility index (Phi) is 6.20. The molecule has 30 heavy (non-hydrogen) atoms. The van der Waals surface area contributed by atoms with Gasteiger partial charge in [0.1, 0.15) is 6.29 Å². The molecule has 1 aromatic carbocycles. The molecule has 4 rings (SSSR count). The van der Waals surface area contributed by atoms with Crippen molar-refractivity contribution >= 4 is 46.6 Å². The van der Waals surface area contributed by atoms with Gasteiger partial charge in [0.05, 0.1) is 18.0 Å². The molecule has 3 fully saturated rings. The van der Waals surface area contributed by atoms with Crippen LogP contribution >= 0.6 is 23.2 Å². The van der Waals surface area contributed by atoms with Gasteiger partial charge in [0.25, 0.3) is 0 Å². The fourth-order valence-corrected chi connectivity index (χ4v) is 5.13. The van der Waals surface area contributed by atoms with Crippen LogP contribution in [0.4, 0.5) is 5.69 Å². The first kappa shape index (κ1) is 21.4. The molecule has 10 heteroatoms. The SMILES string of the molecule is CC1CCCCN1C1NC(=O)C2C(NC(=O)CC2C(=O)Nc2cc(Cl)cc(Cl)c2)N1. The third-order valence-electron chi connectivity index (χ3n) is 6.09. The quantitative estimate of drug-likeness (QED) is 0.559. The Morgan fingerprint density at radius 2 is 1.87 bits per heavy atom. The fourth-order valence-electron chi connectivity index (χ4n) is 4.60. The Morgan fingerprint density at radius 1 is 1.13 bits per heavy atom. The second-order valence-electron chi connectivity index (χ2n) is 8.19. The summed E-state index contributed by atoms with van der Waals surface area (Å²) in [6.45, 7) is 2.99. The van der Waals surface area contributed by atoms with Crippen LogP contribution in [0.25, 0.3) is 0 Å². The molecule has 1 aromatic rings. The highest BCUT2D eigenvalue weighted by Gasteiger charge is 2.49. The molecular formula is C20H25Cl2N5O3. The van der Waals surface area contributed by atoms with E-state index in [4.69, 9.17) is 23.2 Å². The number of hydrogen-bond acceptors (Lipinski definition) is 5. The van der Waals surface area contributed by atoms with Crippen LogP contribution in [-0.4, -0.2) is 47.7 Å². The number of benzene rings is 1. The lowest BCUT2D eigenvalue weighted by Crippen LogP contribution is -2.75. The van der Waals surface area contributed by atoms with Crippen molar-refractivity contribution in [1.29, 1.82) is 0 Å². The van der Waals surface area contributed by atoms with Crippen molar-refractivity contribution in [1.82, 2.24) is 20.9 Å². The number of hydrogen-bond donors (Lipinski definition) is 4. The van der Waals surface area contributed by atoms with Crippen LogP contribution in [0.5, 0.6) is 0 Å². The number of likely N-dealkylation sites (tertiary alicyclic amines) is 1. The zero-order valence-electron chi connectivity index (χ0n) is 16.6. The van der Waals surface area contributed by atoms with Gasteiger partial charge in [-0.1, -0.05) is 29.6 Å². The van der Waals surface area contributed by atoms with E-state index in [9.17, 15) is 14.4 Å². The Bertz CT molecular complexity index is 847. The van der Waals surface area contributed by atoms with Crippen LogP contribution in [0.3, 0.4) is 0 Å². The van der Waals surface area contributed by atoms with E-state index in [0.29, 0.717) is 21.8 Å². The van der Waals surface area contributed by atoms with E-state index >= 15 is 0 Å². The average molecular weight is 454 g/mol. The van der Waals surface area contributed by atoms with Gasteiger partial charge in [-0.2, -0.15) is 0 Å². The minimum Gasteiger partial charge on any atom is -0.340 e. The van der Waals surface area contributed by atoms with E-state index in [1.807, 2.05) is 0 Å². The first-order chi connectivity index (χ1) is 14.3. The summed E-state index contributed by atoms with van der Waals surface area (Å²) in [5, 5.41) is 12.7. The van der Waals surface area contributed by atoms with Gasteiger partial charge < -0.3 is 16.0 Å². The molecule has 3 saturated heterocycles. The van der Waals surface area contributed by atoms with E-state index in [2.05, 4.69) is 33.1 Å². The molecule has 5 atom stereocenters. The number of piperidine rings is 2. The number of halogens is 2. The van der Waals surface area contributed by atoms with Crippen molar-refractivity contribution in [2.24, 2.45) is 11.8 Å². The molecule has 3 aliphatic rings. The van der Waals surface area contributed by atoms with Gasteiger partial charge in [-0.25, -0.2) is 0 Å². The van der Waals surface area contributed by atoms with Crippen molar-refractivity contribution in [2.75, 3.05) is 11.9 Å². The molecule has 3 heterocycles. The standard InChI is InChI=1S/C20H25Cl2N5O3/c1-10-4-2-3-5-27(10)20-25-17-16(19(30)26-20)14(9-15(28)24-17)18(29)23-13-7-11(21)6-12(22)8-13/h6-8,10,14,16-17,20,25H,2-5,9H2,1H3,(H,23,29)(H,24,28)(H,26,30). The van der Waals surface area contributed by atoms with Crippen molar-refractivity contribution < 1.29 is 14.4 Å². The highest BCUT2D eigenvalue weighted by Crippen LogP contribution is 2.30. The maximum Gasteiger partial charge on any atom is 0.229 e. The minimum absolute atomic E-state index is 0.0683. The van der Waals surface area contributed by atoms with Gasteiger partial charge in [0.2, 0.25) is 17.7 Å². The van der Waals surface area contributed by atoms with E-state index < -0.39 is 23.9 Å². The first-order valence-electron chi connectivity index (χ1n) is 10.2. The third kappa shape index (κ3) is 4.42. The Labute approximate surface area is 185 Å². The number of carbonyl (C=O) groups excluding carboxylic acids is 3. The maximum absolute atomic E-state index is 13.0. The van der Waals surface area contributed by atoms with Crippen LogP contribution in [0.1, 0.15) is 32.6 Å². The zero-order chi connectivity index (χ0) is 21.4. The van der Waals surface area contributed by atoms with Gasteiger partial charge in [0.15, 0.2) is 0 Å². The van der Waals surface area contributed by atoms with Crippen LogP contribution in [0, 0.1) is 11.8 Å². The summed E-state index contributed by atoms with van der Waals surface area (Å²) in [4.78, 5) is 40.5. The van der Waals surface area contributed by atoms with Crippen molar-refractivity contribution in [3.05, 3.63) is 28.2 Å². The molecule has 0 saturated carbocycles. The highest BCUT2D eigenvalue weighted by molar-refractivity contribution is 6.35. The summed E-state index contributed by atoms with van der Waals surface area (Å²) in [5.41, 5.74) is 0.421. The Balaban J connectivity index is 1.51. The number of carbonyl (C=O) groups is 3.